The zero-order chi connectivity index (χ0) is 13.2. The summed E-state index contributed by atoms with van der Waals surface area (Å²) >= 11 is 0. The molecule has 1 saturated carbocycles. The second-order valence-corrected chi connectivity index (χ2v) is 5.34. The van der Waals surface area contributed by atoms with Crippen molar-refractivity contribution in [3.05, 3.63) is 18.1 Å². The Morgan fingerprint density at radius 1 is 1.42 bits per heavy atom. The topological polar surface area (TPSA) is 81.1 Å². The number of aromatic nitrogens is 4. The highest BCUT2D eigenvalue weighted by molar-refractivity contribution is 5.44. The summed E-state index contributed by atoms with van der Waals surface area (Å²) in [6, 6.07) is 2.31. The molecule has 3 N–H and O–H groups in total. The zero-order valence-electron chi connectivity index (χ0n) is 11.2. The Morgan fingerprint density at radius 3 is 3.11 bits per heavy atom. The quantitative estimate of drug-likeness (QED) is 0.871. The molecule has 6 heteroatoms. The standard InChI is InChI=1S/C13H20N6/c1-9-6-12(19-13(18-9)16-8-17-19)15-7-10-4-2-3-5-11(10)14/h6,8,10-11,15H,2-5,7,14H2,1H3. The second kappa shape index (κ2) is 5.13. The highest BCUT2D eigenvalue weighted by atomic mass is 15.3. The molecule has 2 atom stereocenters. The smallest absolute Gasteiger partial charge is 0.254 e. The summed E-state index contributed by atoms with van der Waals surface area (Å²) in [6.45, 7) is 2.85. The van der Waals surface area contributed by atoms with Crippen LogP contribution in [0.4, 0.5) is 5.82 Å². The molecule has 0 aliphatic heterocycles. The first kappa shape index (κ1) is 12.3. The molecule has 0 aromatic carbocycles. The number of anilines is 1. The van der Waals surface area contributed by atoms with Crippen molar-refractivity contribution in [3.8, 4) is 0 Å². The number of nitrogens with zero attached hydrogens (tertiary/aromatic N) is 4. The van der Waals surface area contributed by atoms with E-state index < -0.39 is 0 Å². The summed E-state index contributed by atoms with van der Waals surface area (Å²) in [5, 5.41) is 7.65. The van der Waals surface area contributed by atoms with Crippen molar-refractivity contribution >= 4 is 11.6 Å². The molecule has 2 heterocycles. The first-order valence-electron chi connectivity index (χ1n) is 6.91. The van der Waals surface area contributed by atoms with Crippen LogP contribution in [0.25, 0.3) is 5.78 Å². The monoisotopic (exact) mass is 260 g/mol. The SMILES string of the molecule is Cc1cc(NCC2CCCCC2N)n2ncnc2n1. The van der Waals surface area contributed by atoms with Crippen molar-refractivity contribution in [3.63, 3.8) is 0 Å². The van der Waals surface area contributed by atoms with Crippen molar-refractivity contribution < 1.29 is 0 Å². The largest absolute Gasteiger partial charge is 0.370 e. The van der Waals surface area contributed by atoms with Gasteiger partial charge in [-0.1, -0.05) is 12.8 Å². The molecule has 6 nitrogen and oxygen atoms in total. The Morgan fingerprint density at radius 2 is 2.26 bits per heavy atom. The predicted molar refractivity (Wildman–Crippen MR) is 73.9 cm³/mol. The molecule has 1 aliphatic rings. The summed E-state index contributed by atoms with van der Waals surface area (Å²) in [5.74, 6) is 2.12. The number of nitrogens with one attached hydrogen (secondary N) is 1. The lowest BCUT2D eigenvalue weighted by Gasteiger charge is -2.28. The maximum absolute atomic E-state index is 6.18. The van der Waals surface area contributed by atoms with Crippen LogP contribution in [0.5, 0.6) is 0 Å². The van der Waals surface area contributed by atoms with E-state index in [1.165, 1.54) is 25.6 Å². The maximum Gasteiger partial charge on any atom is 0.254 e. The third-order valence-corrected chi connectivity index (χ3v) is 3.89. The molecule has 0 radical (unpaired) electrons. The number of hydrogen-bond donors (Lipinski definition) is 2. The van der Waals surface area contributed by atoms with E-state index in [0.717, 1.165) is 24.5 Å². The fourth-order valence-electron chi connectivity index (χ4n) is 2.78. The van der Waals surface area contributed by atoms with Crippen LogP contribution in [0.15, 0.2) is 12.4 Å². The average Bonchev–Trinajstić information content (AvgIpc) is 2.85. The van der Waals surface area contributed by atoms with Gasteiger partial charge in [0.05, 0.1) is 0 Å². The Balaban J connectivity index is 1.75. The zero-order valence-corrected chi connectivity index (χ0v) is 11.2. The van der Waals surface area contributed by atoms with E-state index in [1.807, 2.05) is 13.0 Å². The van der Waals surface area contributed by atoms with Gasteiger partial charge >= 0.3 is 0 Å². The van der Waals surface area contributed by atoms with Crippen LogP contribution in [-0.4, -0.2) is 32.2 Å². The van der Waals surface area contributed by atoms with Crippen LogP contribution in [0.2, 0.25) is 0 Å². The number of nitrogens with two attached hydrogens (primary N) is 1. The molecule has 3 rings (SSSR count). The molecule has 1 fully saturated rings. The van der Waals surface area contributed by atoms with E-state index in [-0.39, 0.29) is 0 Å². The van der Waals surface area contributed by atoms with Crippen LogP contribution in [0, 0.1) is 12.8 Å². The van der Waals surface area contributed by atoms with Crippen LogP contribution in [0.3, 0.4) is 0 Å². The van der Waals surface area contributed by atoms with Gasteiger partial charge in [0.15, 0.2) is 0 Å². The fourth-order valence-corrected chi connectivity index (χ4v) is 2.78. The lowest BCUT2D eigenvalue weighted by atomic mass is 9.85. The van der Waals surface area contributed by atoms with Gasteiger partial charge in [0, 0.05) is 24.3 Å². The normalized spacial score (nSPS) is 23.7. The first-order chi connectivity index (χ1) is 9.24. The highest BCUT2D eigenvalue weighted by Gasteiger charge is 2.21. The Labute approximate surface area is 112 Å². The minimum absolute atomic E-state index is 0.315. The van der Waals surface area contributed by atoms with Crippen molar-refractivity contribution in [1.82, 2.24) is 19.6 Å². The van der Waals surface area contributed by atoms with E-state index in [9.17, 15) is 0 Å². The van der Waals surface area contributed by atoms with Crippen LogP contribution in [-0.2, 0) is 0 Å². The fraction of sp³-hybridized carbons (Fsp3) is 0.615. The molecule has 2 unspecified atom stereocenters. The van der Waals surface area contributed by atoms with Gasteiger partial charge in [0.25, 0.3) is 5.78 Å². The molecule has 0 spiro atoms. The lowest BCUT2D eigenvalue weighted by molar-refractivity contribution is 0.321. The predicted octanol–water partition coefficient (Wildman–Crippen LogP) is 1.36. The summed E-state index contributed by atoms with van der Waals surface area (Å²) in [4.78, 5) is 8.46. The summed E-state index contributed by atoms with van der Waals surface area (Å²) in [6.07, 6.45) is 6.42. The van der Waals surface area contributed by atoms with Gasteiger partial charge in [-0.05, 0) is 25.7 Å². The van der Waals surface area contributed by atoms with Crippen LogP contribution in [0.1, 0.15) is 31.4 Å². The van der Waals surface area contributed by atoms with Crippen molar-refractivity contribution in [2.45, 2.75) is 38.6 Å². The third-order valence-electron chi connectivity index (χ3n) is 3.89. The molecule has 19 heavy (non-hydrogen) atoms. The Kier molecular flexibility index (Phi) is 3.33. The van der Waals surface area contributed by atoms with Gasteiger partial charge in [0.2, 0.25) is 0 Å². The first-order valence-corrected chi connectivity index (χ1v) is 6.91. The number of aryl methyl sites for hydroxylation is 1. The highest BCUT2D eigenvalue weighted by Crippen LogP contribution is 2.23. The molecule has 102 valence electrons. The van der Waals surface area contributed by atoms with Crippen LogP contribution >= 0.6 is 0 Å². The van der Waals surface area contributed by atoms with Gasteiger partial charge in [-0.2, -0.15) is 14.6 Å². The van der Waals surface area contributed by atoms with E-state index in [4.69, 9.17) is 5.73 Å². The molecule has 2 aromatic heterocycles. The van der Waals surface area contributed by atoms with Gasteiger partial charge in [0.1, 0.15) is 12.1 Å². The third kappa shape index (κ3) is 2.53. The van der Waals surface area contributed by atoms with E-state index in [2.05, 4.69) is 20.4 Å². The van der Waals surface area contributed by atoms with Crippen molar-refractivity contribution in [1.29, 1.82) is 0 Å². The van der Waals surface area contributed by atoms with Crippen molar-refractivity contribution in [2.75, 3.05) is 11.9 Å². The van der Waals surface area contributed by atoms with E-state index >= 15 is 0 Å². The van der Waals surface area contributed by atoms with Gasteiger partial charge in [-0.15, -0.1) is 0 Å². The average molecular weight is 260 g/mol. The number of hydrogen-bond acceptors (Lipinski definition) is 5. The molecule has 0 saturated heterocycles. The maximum atomic E-state index is 6.18. The molecule has 0 bridgehead atoms. The Bertz CT molecular complexity index is 563. The number of rotatable bonds is 3. The minimum atomic E-state index is 0.315. The van der Waals surface area contributed by atoms with Gasteiger partial charge < -0.3 is 11.1 Å². The van der Waals surface area contributed by atoms with Gasteiger partial charge in [-0.3, -0.25) is 0 Å². The molecular formula is C13H20N6. The van der Waals surface area contributed by atoms with Crippen LogP contribution < -0.4 is 11.1 Å². The molecular weight excluding hydrogens is 240 g/mol. The summed E-state index contributed by atoms with van der Waals surface area (Å²) < 4.78 is 1.74. The van der Waals surface area contributed by atoms with E-state index in [1.54, 1.807) is 4.52 Å². The minimum Gasteiger partial charge on any atom is -0.370 e. The molecule has 2 aromatic rings. The second-order valence-electron chi connectivity index (χ2n) is 5.34. The van der Waals surface area contributed by atoms with Crippen molar-refractivity contribution in [2.24, 2.45) is 11.7 Å². The molecule has 0 amide bonds. The molecule has 1 aliphatic carbocycles. The summed E-state index contributed by atoms with van der Waals surface area (Å²) in [7, 11) is 0. The number of fused-ring (bicyclic) bond motifs is 1. The Hall–Kier alpha value is -1.69. The lowest BCUT2D eigenvalue weighted by Crippen LogP contribution is -2.37. The summed E-state index contributed by atoms with van der Waals surface area (Å²) in [5.41, 5.74) is 7.12. The van der Waals surface area contributed by atoms with Gasteiger partial charge in [-0.25, -0.2) is 4.98 Å². The van der Waals surface area contributed by atoms with E-state index in [0.29, 0.717) is 17.7 Å².